The van der Waals surface area contributed by atoms with Gasteiger partial charge >= 0.3 is 0 Å². The highest BCUT2D eigenvalue weighted by molar-refractivity contribution is 7.99. The number of aromatic nitrogens is 3. The summed E-state index contributed by atoms with van der Waals surface area (Å²) in [5.41, 5.74) is 3.92. The number of thiophene rings is 1. The van der Waals surface area contributed by atoms with Crippen molar-refractivity contribution < 1.29 is 9.59 Å². The van der Waals surface area contributed by atoms with E-state index in [2.05, 4.69) is 39.3 Å². The Bertz CT molecular complexity index is 1100. The van der Waals surface area contributed by atoms with Crippen LogP contribution in [0.1, 0.15) is 60.5 Å². The molecule has 1 amide bonds. The first-order valence-corrected chi connectivity index (χ1v) is 12.4. The SMILES string of the molecule is CC(=O)c1ccc(NC(=O)CSc2nnc(-c3csc4c3CCCC4)n2C(C)C)cc1. The number of rotatable bonds is 7. The third-order valence-electron chi connectivity index (χ3n) is 5.39. The number of hydrogen-bond acceptors (Lipinski definition) is 6. The summed E-state index contributed by atoms with van der Waals surface area (Å²) in [4.78, 5) is 25.3. The van der Waals surface area contributed by atoms with Crippen LogP contribution in [0.2, 0.25) is 0 Å². The molecule has 31 heavy (non-hydrogen) atoms. The molecule has 0 saturated heterocycles. The van der Waals surface area contributed by atoms with E-state index < -0.39 is 0 Å². The van der Waals surface area contributed by atoms with Gasteiger partial charge in [-0.25, -0.2) is 0 Å². The second-order valence-electron chi connectivity index (χ2n) is 8.00. The van der Waals surface area contributed by atoms with Crippen molar-refractivity contribution in [3.63, 3.8) is 0 Å². The standard InChI is InChI=1S/C23H26N4O2S2/c1-14(2)27-22(19-12-30-20-7-5-4-6-18(19)20)25-26-23(27)31-13-21(29)24-17-10-8-16(9-11-17)15(3)28/h8-12,14H,4-7,13H2,1-3H3,(H,24,29). The van der Waals surface area contributed by atoms with Gasteiger partial charge < -0.3 is 5.32 Å². The first kappa shape index (κ1) is 21.8. The second kappa shape index (κ2) is 9.36. The van der Waals surface area contributed by atoms with Gasteiger partial charge in [0.15, 0.2) is 16.8 Å². The number of thioether (sulfide) groups is 1. The third-order valence-corrected chi connectivity index (χ3v) is 7.42. The molecule has 0 saturated carbocycles. The lowest BCUT2D eigenvalue weighted by molar-refractivity contribution is -0.113. The Balaban J connectivity index is 1.47. The van der Waals surface area contributed by atoms with Gasteiger partial charge in [0.1, 0.15) is 0 Å². The van der Waals surface area contributed by atoms with Crippen molar-refractivity contribution in [3.8, 4) is 11.4 Å². The summed E-state index contributed by atoms with van der Waals surface area (Å²) in [6.45, 7) is 5.76. The zero-order valence-electron chi connectivity index (χ0n) is 18.0. The van der Waals surface area contributed by atoms with Crippen molar-refractivity contribution in [3.05, 3.63) is 45.6 Å². The van der Waals surface area contributed by atoms with Crippen molar-refractivity contribution in [1.82, 2.24) is 14.8 Å². The maximum atomic E-state index is 12.5. The molecule has 3 aromatic rings. The van der Waals surface area contributed by atoms with E-state index in [9.17, 15) is 9.59 Å². The average Bonchev–Trinajstić information content (AvgIpc) is 3.36. The summed E-state index contributed by atoms with van der Waals surface area (Å²) in [6, 6.07) is 7.11. The molecule has 1 aliphatic carbocycles. The zero-order chi connectivity index (χ0) is 22.0. The highest BCUT2D eigenvalue weighted by atomic mass is 32.2. The number of nitrogens with zero attached hydrogens (tertiary/aromatic N) is 3. The van der Waals surface area contributed by atoms with E-state index in [0.29, 0.717) is 11.3 Å². The van der Waals surface area contributed by atoms with E-state index in [4.69, 9.17) is 0 Å². The molecular weight excluding hydrogens is 428 g/mol. The Kier molecular flexibility index (Phi) is 6.57. The number of anilines is 1. The van der Waals surface area contributed by atoms with Crippen molar-refractivity contribution in [2.24, 2.45) is 0 Å². The minimum absolute atomic E-state index is 0.00384. The number of ketones is 1. The quantitative estimate of drug-likeness (QED) is 0.382. The fourth-order valence-electron chi connectivity index (χ4n) is 3.82. The average molecular weight is 455 g/mol. The number of carbonyl (C=O) groups is 2. The van der Waals surface area contributed by atoms with Gasteiger partial charge in [-0.1, -0.05) is 11.8 Å². The fourth-order valence-corrected chi connectivity index (χ4v) is 5.81. The van der Waals surface area contributed by atoms with Gasteiger partial charge in [-0.3, -0.25) is 14.2 Å². The molecule has 0 fully saturated rings. The van der Waals surface area contributed by atoms with Gasteiger partial charge in [0, 0.05) is 33.1 Å². The summed E-state index contributed by atoms with van der Waals surface area (Å²) in [5, 5.41) is 14.8. The smallest absolute Gasteiger partial charge is 0.234 e. The summed E-state index contributed by atoms with van der Waals surface area (Å²) in [6.07, 6.45) is 4.75. The van der Waals surface area contributed by atoms with Crippen LogP contribution in [0.5, 0.6) is 0 Å². The highest BCUT2D eigenvalue weighted by Crippen LogP contribution is 2.37. The van der Waals surface area contributed by atoms with Crippen LogP contribution in [-0.2, 0) is 17.6 Å². The molecule has 2 heterocycles. The van der Waals surface area contributed by atoms with Gasteiger partial charge in [0.25, 0.3) is 0 Å². The van der Waals surface area contributed by atoms with Crippen molar-refractivity contribution in [1.29, 1.82) is 0 Å². The van der Waals surface area contributed by atoms with E-state index in [0.717, 1.165) is 23.8 Å². The van der Waals surface area contributed by atoms with Crippen LogP contribution >= 0.6 is 23.1 Å². The topological polar surface area (TPSA) is 76.9 Å². The largest absolute Gasteiger partial charge is 0.325 e. The van der Waals surface area contributed by atoms with Crippen LogP contribution < -0.4 is 5.32 Å². The van der Waals surface area contributed by atoms with Crippen LogP contribution in [0, 0.1) is 0 Å². The molecule has 1 aliphatic rings. The molecule has 0 atom stereocenters. The number of benzene rings is 1. The zero-order valence-corrected chi connectivity index (χ0v) is 19.6. The number of carbonyl (C=O) groups excluding carboxylic acids is 2. The Labute approximate surface area is 190 Å². The highest BCUT2D eigenvalue weighted by Gasteiger charge is 2.23. The molecule has 2 aromatic heterocycles. The molecular formula is C23H26N4O2S2. The minimum Gasteiger partial charge on any atom is -0.325 e. The number of fused-ring (bicyclic) bond motifs is 1. The Morgan fingerprint density at radius 1 is 1.16 bits per heavy atom. The third kappa shape index (κ3) is 4.75. The van der Waals surface area contributed by atoms with Crippen LogP contribution in [-0.4, -0.2) is 32.2 Å². The summed E-state index contributed by atoms with van der Waals surface area (Å²) in [7, 11) is 0. The minimum atomic E-state index is -0.117. The van der Waals surface area contributed by atoms with Crippen LogP contribution in [0.3, 0.4) is 0 Å². The van der Waals surface area contributed by atoms with Gasteiger partial charge in [0.2, 0.25) is 5.91 Å². The van der Waals surface area contributed by atoms with Gasteiger partial charge in [-0.2, -0.15) is 0 Å². The first-order valence-electron chi connectivity index (χ1n) is 10.5. The first-order chi connectivity index (χ1) is 14.9. The number of aryl methyl sites for hydroxylation is 1. The van der Waals surface area contributed by atoms with Gasteiger partial charge in [0.05, 0.1) is 5.75 Å². The predicted octanol–water partition coefficient (Wildman–Crippen LogP) is 5.40. The lowest BCUT2D eigenvalue weighted by atomic mass is 9.95. The van der Waals surface area contributed by atoms with Gasteiger partial charge in [-0.05, 0) is 76.3 Å². The van der Waals surface area contributed by atoms with Crippen molar-refractivity contribution >= 4 is 40.5 Å². The lowest BCUT2D eigenvalue weighted by Gasteiger charge is -2.16. The second-order valence-corrected chi connectivity index (χ2v) is 9.91. The van der Waals surface area contributed by atoms with Crippen LogP contribution in [0.4, 0.5) is 5.69 Å². The maximum absolute atomic E-state index is 12.5. The molecule has 0 radical (unpaired) electrons. The lowest BCUT2D eigenvalue weighted by Crippen LogP contribution is -2.15. The van der Waals surface area contributed by atoms with E-state index >= 15 is 0 Å². The Morgan fingerprint density at radius 2 is 1.90 bits per heavy atom. The predicted molar refractivity (Wildman–Crippen MR) is 126 cm³/mol. The molecule has 162 valence electrons. The molecule has 0 unspecified atom stereocenters. The summed E-state index contributed by atoms with van der Waals surface area (Å²) < 4.78 is 2.14. The Hall–Kier alpha value is -2.45. The Morgan fingerprint density at radius 3 is 2.61 bits per heavy atom. The van der Waals surface area contributed by atoms with E-state index in [1.165, 1.54) is 47.5 Å². The van der Waals surface area contributed by atoms with E-state index in [1.807, 2.05) is 11.3 Å². The summed E-state index contributed by atoms with van der Waals surface area (Å²) in [5.74, 6) is 1.02. The monoisotopic (exact) mass is 454 g/mol. The molecule has 8 heteroatoms. The number of Topliss-reactive ketones (excluding diaryl/α,β-unsaturated/α-hetero) is 1. The number of hydrogen-bond donors (Lipinski definition) is 1. The molecule has 0 bridgehead atoms. The van der Waals surface area contributed by atoms with Crippen molar-refractivity contribution in [2.45, 2.75) is 57.7 Å². The molecule has 0 aliphatic heterocycles. The van der Waals surface area contributed by atoms with E-state index in [-0.39, 0.29) is 23.5 Å². The molecule has 1 N–H and O–H groups in total. The molecule has 4 rings (SSSR count). The fraction of sp³-hybridized carbons (Fsp3) is 0.391. The normalized spacial score (nSPS) is 13.3. The number of amides is 1. The molecule has 1 aromatic carbocycles. The number of nitrogens with one attached hydrogen (secondary N) is 1. The van der Waals surface area contributed by atoms with Crippen LogP contribution in [0.25, 0.3) is 11.4 Å². The summed E-state index contributed by atoms with van der Waals surface area (Å²) >= 11 is 3.22. The molecule has 6 nitrogen and oxygen atoms in total. The van der Waals surface area contributed by atoms with E-state index in [1.54, 1.807) is 24.3 Å². The van der Waals surface area contributed by atoms with Gasteiger partial charge in [-0.15, -0.1) is 21.5 Å². The maximum Gasteiger partial charge on any atom is 0.234 e. The van der Waals surface area contributed by atoms with Crippen molar-refractivity contribution in [2.75, 3.05) is 11.1 Å². The van der Waals surface area contributed by atoms with Crippen LogP contribution in [0.15, 0.2) is 34.8 Å². The molecule has 0 spiro atoms.